The zero-order valence-corrected chi connectivity index (χ0v) is 19.3. The molecule has 3 aromatic rings. The van der Waals surface area contributed by atoms with Gasteiger partial charge in [0.05, 0.1) is 16.3 Å². The summed E-state index contributed by atoms with van der Waals surface area (Å²) in [6.07, 6.45) is 1.48. The van der Waals surface area contributed by atoms with Gasteiger partial charge < -0.3 is 5.32 Å². The van der Waals surface area contributed by atoms with Crippen LogP contribution in [0, 0.1) is 5.82 Å². The fourth-order valence-electron chi connectivity index (χ4n) is 3.51. The molecular formula is C24H24FN3O2S2. The van der Waals surface area contributed by atoms with Gasteiger partial charge in [0.1, 0.15) is 5.82 Å². The number of rotatable bonds is 8. The minimum Gasteiger partial charge on any atom is -0.351 e. The van der Waals surface area contributed by atoms with E-state index in [1.807, 2.05) is 30.3 Å². The van der Waals surface area contributed by atoms with Gasteiger partial charge in [-0.15, -0.1) is 11.8 Å². The lowest BCUT2D eigenvalue weighted by molar-refractivity contribution is -0.118. The first kappa shape index (κ1) is 22.6. The molecular weight excluding hydrogens is 445 g/mol. The van der Waals surface area contributed by atoms with Gasteiger partial charge in [0.25, 0.3) is 5.56 Å². The molecule has 4 rings (SSSR count). The van der Waals surface area contributed by atoms with E-state index in [0.29, 0.717) is 29.9 Å². The summed E-state index contributed by atoms with van der Waals surface area (Å²) in [6.45, 7) is 2.93. The highest BCUT2D eigenvalue weighted by Crippen LogP contribution is 2.34. The van der Waals surface area contributed by atoms with Crippen LogP contribution in [0.3, 0.4) is 0 Å². The van der Waals surface area contributed by atoms with Crippen molar-refractivity contribution < 1.29 is 9.18 Å². The standard InChI is InChI=1S/C24H24FN3O2S2/c1-16-13-20-22(32-16)23(30)28(12-11-17-5-3-2-4-6-17)24(27-20)31-15-21(29)26-14-18-7-9-19(25)10-8-18/h2-10,16H,11-15H2,1H3,(H,26,29)/t16-/m1/s1. The minimum absolute atomic E-state index is 0.0190. The number of hydrogen-bond acceptors (Lipinski definition) is 5. The molecule has 0 spiro atoms. The number of fused-ring (bicyclic) bond motifs is 1. The van der Waals surface area contributed by atoms with Crippen LogP contribution in [0.4, 0.5) is 4.39 Å². The Bertz CT molecular complexity index is 1150. The number of thioether (sulfide) groups is 2. The molecule has 8 heteroatoms. The fourth-order valence-corrected chi connectivity index (χ4v) is 5.49. The van der Waals surface area contributed by atoms with Gasteiger partial charge in [-0.2, -0.15) is 0 Å². The normalized spacial score (nSPS) is 14.9. The number of carbonyl (C=O) groups is 1. The minimum atomic E-state index is -0.306. The number of aromatic nitrogens is 2. The predicted octanol–water partition coefficient (Wildman–Crippen LogP) is 4.07. The number of nitrogens with one attached hydrogen (secondary N) is 1. The Balaban J connectivity index is 1.46. The Morgan fingerprint density at radius 1 is 1.19 bits per heavy atom. The van der Waals surface area contributed by atoms with E-state index in [4.69, 9.17) is 4.98 Å². The van der Waals surface area contributed by atoms with Crippen molar-refractivity contribution in [1.82, 2.24) is 14.9 Å². The molecule has 0 fully saturated rings. The Hall–Kier alpha value is -2.58. The first-order chi connectivity index (χ1) is 15.5. The van der Waals surface area contributed by atoms with E-state index >= 15 is 0 Å². The maximum atomic E-state index is 13.2. The molecule has 32 heavy (non-hydrogen) atoms. The molecule has 1 aromatic heterocycles. The van der Waals surface area contributed by atoms with Crippen LogP contribution >= 0.6 is 23.5 Å². The van der Waals surface area contributed by atoms with Crippen LogP contribution in [-0.2, 0) is 30.7 Å². The summed E-state index contributed by atoms with van der Waals surface area (Å²) in [5, 5.41) is 3.74. The number of aryl methyl sites for hydroxylation is 1. The van der Waals surface area contributed by atoms with E-state index in [0.717, 1.165) is 28.1 Å². The Labute approximate surface area is 194 Å². The molecule has 1 amide bonds. The summed E-state index contributed by atoms with van der Waals surface area (Å²) in [5.41, 5.74) is 2.78. The first-order valence-electron chi connectivity index (χ1n) is 10.5. The second kappa shape index (κ2) is 10.4. The topological polar surface area (TPSA) is 64.0 Å². The van der Waals surface area contributed by atoms with Crippen LogP contribution < -0.4 is 10.9 Å². The third kappa shape index (κ3) is 5.61. The number of hydrogen-bond donors (Lipinski definition) is 1. The van der Waals surface area contributed by atoms with Crippen LogP contribution in [0.1, 0.15) is 23.7 Å². The first-order valence-corrected chi connectivity index (χ1v) is 12.3. The molecule has 1 N–H and O–H groups in total. The third-order valence-electron chi connectivity index (χ3n) is 5.17. The molecule has 1 atom stereocenters. The molecule has 166 valence electrons. The highest BCUT2D eigenvalue weighted by Gasteiger charge is 2.26. The zero-order valence-electron chi connectivity index (χ0n) is 17.7. The van der Waals surface area contributed by atoms with Crippen molar-refractivity contribution in [1.29, 1.82) is 0 Å². The number of halogens is 1. The van der Waals surface area contributed by atoms with Crippen molar-refractivity contribution in [2.24, 2.45) is 0 Å². The molecule has 5 nitrogen and oxygen atoms in total. The maximum absolute atomic E-state index is 13.2. The average Bonchev–Trinajstić information content (AvgIpc) is 3.18. The molecule has 2 aromatic carbocycles. The van der Waals surface area contributed by atoms with Crippen LogP contribution in [0.5, 0.6) is 0 Å². The second-order valence-corrected chi connectivity index (χ2v) is 10.1. The highest BCUT2D eigenvalue weighted by atomic mass is 32.2. The lowest BCUT2D eigenvalue weighted by Gasteiger charge is -2.14. The summed E-state index contributed by atoms with van der Waals surface area (Å²) >= 11 is 2.86. The zero-order chi connectivity index (χ0) is 22.5. The molecule has 0 saturated carbocycles. The number of carbonyl (C=O) groups excluding carboxylic acids is 1. The monoisotopic (exact) mass is 469 g/mol. The second-order valence-electron chi connectivity index (χ2n) is 7.69. The lowest BCUT2D eigenvalue weighted by atomic mass is 10.1. The van der Waals surface area contributed by atoms with E-state index in [1.165, 1.54) is 23.9 Å². The Kier molecular flexibility index (Phi) is 7.32. The highest BCUT2D eigenvalue weighted by molar-refractivity contribution is 8.00. The Morgan fingerprint density at radius 2 is 1.94 bits per heavy atom. The number of amides is 1. The fraction of sp³-hybridized carbons (Fsp3) is 0.292. The molecule has 0 saturated heterocycles. The molecule has 0 radical (unpaired) electrons. The van der Waals surface area contributed by atoms with E-state index < -0.39 is 0 Å². The van der Waals surface area contributed by atoms with Gasteiger partial charge in [-0.05, 0) is 29.7 Å². The van der Waals surface area contributed by atoms with Crippen molar-refractivity contribution in [3.63, 3.8) is 0 Å². The summed E-state index contributed by atoms with van der Waals surface area (Å²) in [4.78, 5) is 31.1. The summed E-state index contributed by atoms with van der Waals surface area (Å²) < 4.78 is 14.7. The van der Waals surface area contributed by atoms with E-state index in [-0.39, 0.29) is 23.0 Å². The van der Waals surface area contributed by atoms with E-state index in [2.05, 4.69) is 12.2 Å². The van der Waals surface area contributed by atoms with E-state index in [1.54, 1.807) is 28.5 Å². The van der Waals surface area contributed by atoms with Gasteiger partial charge in [0.15, 0.2) is 5.16 Å². The predicted molar refractivity (Wildman–Crippen MR) is 127 cm³/mol. The average molecular weight is 470 g/mol. The van der Waals surface area contributed by atoms with Crippen molar-refractivity contribution in [3.05, 3.63) is 87.6 Å². The van der Waals surface area contributed by atoms with Gasteiger partial charge in [-0.3, -0.25) is 14.2 Å². The quantitative estimate of drug-likeness (QED) is 0.398. The van der Waals surface area contributed by atoms with Crippen LogP contribution in [0.2, 0.25) is 0 Å². The van der Waals surface area contributed by atoms with E-state index in [9.17, 15) is 14.0 Å². The van der Waals surface area contributed by atoms with Crippen LogP contribution in [-0.4, -0.2) is 26.5 Å². The van der Waals surface area contributed by atoms with Gasteiger partial charge in [-0.1, -0.05) is 61.2 Å². The van der Waals surface area contributed by atoms with Crippen LogP contribution in [0.15, 0.2) is 69.4 Å². The van der Waals surface area contributed by atoms with Crippen LogP contribution in [0.25, 0.3) is 0 Å². The largest absolute Gasteiger partial charge is 0.351 e. The van der Waals surface area contributed by atoms with Gasteiger partial charge in [0, 0.05) is 24.8 Å². The Morgan fingerprint density at radius 3 is 2.69 bits per heavy atom. The number of nitrogens with zero attached hydrogens (tertiary/aromatic N) is 2. The molecule has 0 aliphatic carbocycles. The maximum Gasteiger partial charge on any atom is 0.268 e. The molecule has 0 unspecified atom stereocenters. The van der Waals surface area contributed by atoms with Gasteiger partial charge in [0.2, 0.25) is 5.91 Å². The molecule has 0 bridgehead atoms. The third-order valence-corrected chi connectivity index (χ3v) is 7.36. The summed E-state index contributed by atoms with van der Waals surface area (Å²) in [5.74, 6) is -0.314. The lowest BCUT2D eigenvalue weighted by Crippen LogP contribution is -2.28. The molecule has 1 aliphatic heterocycles. The molecule has 1 aliphatic rings. The SMILES string of the molecule is C[C@@H]1Cc2nc(SCC(=O)NCc3ccc(F)cc3)n(CCc3ccccc3)c(=O)c2S1. The van der Waals surface area contributed by atoms with Crippen molar-refractivity contribution in [3.8, 4) is 0 Å². The van der Waals surface area contributed by atoms with Crippen molar-refractivity contribution in [2.45, 2.75) is 48.2 Å². The summed E-state index contributed by atoms with van der Waals surface area (Å²) in [6, 6.07) is 16.0. The van der Waals surface area contributed by atoms with Gasteiger partial charge in [-0.25, -0.2) is 9.37 Å². The van der Waals surface area contributed by atoms with Crippen molar-refractivity contribution in [2.75, 3.05) is 5.75 Å². The van der Waals surface area contributed by atoms with Gasteiger partial charge >= 0.3 is 0 Å². The molecule has 2 heterocycles. The smallest absolute Gasteiger partial charge is 0.268 e. The van der Waals surface area contributed by atoms with Crippen molar-refractivity contribution >= 4 is 29.4 Å². The summed E-state index contributed by atoms with van der Waals surface area (Å²) in [7, 11) is 0. The number of benzene rings is 2.